The number of nitrogens with one attached hydrogen (secondary N) is 1. The number of hydrogen-bond donors (Lipinski definition) is 1. The summed E-state index contributed by atoms with van der Waals surface area (Å²) in [5.74, 6) is 1.79. The van der Waals surface area contributed by atoms with Crippen molar-refractivity contribution in [1.29, 1.82) is 0 Å². The summed E-state index contributed by atoms with van der Waals surface area (Å²) in [6.07, 6.45) is 2.10. The maximum absolute atomic E-state index is 12.0. The third-order valence-electron chi connectivity index (χ3n) is 3.20. The number of hydrogen-bond acceptors (Lipinski definition) is 3. The smallest absolute Gasteiger partial charge is 0.251 e. The Hall–Kier alpha value is -1.44. The first-order valence-electron chi connectivity index (χ1n) is 6.19. The second-order valence-corrected chi connectivity index (χ2v) is 5.72. The third-order valence-corrected chi connectivity index (χ3v) is 3.92. The van der Waals surface area contributed by atoms with Gasteiger partial charge in [-0.05, 0) is 53.3 Å². The Bertz CT molecular complexity index is 606. The van der Waals surface area contributed by atoms with E-state index in [-0.39, 0.29) is 5.91 Å². The summed E-state index contributed by atoms with van der Waals surface area (Å²) in [6, 6.07) is 7.49. The molecule has 0 saturated heterocycles. The molecule has 98 valence electrons. The van der Waals surface area contributed by atoms with Gasteiger partial charge in [0.05, 0.1) is 6.54 Å². The Labute approximate surface area is 124 Å². The molecule has 1 aromatic carbocycles. The van der Waals surface area contributed by atoms with Gasteiger partial charge in [0.1, 0.15) is 5.82 Å². The fourth-order valence-electron chi connectivity index (χ4n) is 2.20. The molecule has 1 aliphatic heterocycles. The van der Waals surface area contributed by atoms with Crippen LogP contribution in [0.1, 0.15) is 28.4 Å². The number of halogens is 1. The fraction of sp³-hybridized carbons (Fsp3) is 0.308. The van der Waals surface area contributed by atoms with Gasteiger partial charge in [-0.2, -0.15) is 0 Å². The van der Waals surface area contributed by atoms with Crippen molar-refractivity contribution in [2.45, 2.75) is 25.9 Å². The van der Waals surface area contributed by atoms with E-state index in [1.54, 1.807) is 0 Å². The molecule has 6 heteroatoms. The van der Waals surface area contributed by atoms with Crippen LogP contribution in [0.2, 0.25) is 0 Å². The molecule has 0 fully saturated rings. The van der Waals surface area contributed by atoms with Crippen molar-refractivity contribution >= 4 is 28.5 Å². The highest BCUT2D eigenvalue weighted by molar-refractivity contribution is 14.1. The van der Waals surface area contributed by atoms with E-state index in [9.17, 15) is 4.79 Å². The summed E-state index contributed by atoms with van der Waals surface area (Å²) in [5.41, 5.74) is 0.668. The molecular formula is C13H13IN4O. The zero-order valence-corrected chi connectivity index (χ0v) is 12.4. The Kier molecular flexibility index (Phi) is 3.50. The predicted octanol–water partition coefficient (Wildman–Crippen LogP) is 1.76. The average Bonchev–Trinajstić information content (AvgIpc) is 3.00. The van der Waals surface area contributed by atoms with E-state index in [0.717, 1.165) is 34.6 Å². The molecule has 2 aromatic rings. The van der Waals surface area contributed by atoms with Crippen LogP contribution in [0.4, 0.5) is 0 Å². The molecule has 0 aliphatic carbocycles. The molecule has 1 amide bonds. The number of aryl methyl sites for hydroxylation is 1. The van der Waals surface area contributed by atoms with Gasteiger partial charge in [-0.25, -0.2) is 0 Å². The lowest BCUT2D eigenvalue weighted by Gasteiger charge is -2.06. The van der Waals surface area contributed by atoms with Crippen molar-refractivity contribution in [2.75, 3.05) is 0 Å². The van der Waals surface area contributed by atoms with Crippen LogP contribution in [0.25, 0.3) is 0 Å². The highest BCUT2D eigenvalue weighted by Crippen LogP contribution is 2.14. The number of aromatic nitrogens is 3. The van der Waals surface area contributed by atoms with Gasteiger partial charge < -0.3 is 9.88 Å². The van der Waals surface area contributed by atoms with Crippen molar-refractivity contribution < 1.29 is 4.79 Å². The Morgan fingerprint density at radius 1 is 1.32 bits per heavy atom. The molecule has 0 saturated carbocycles. The van der Waals surface area contributed by atoms with Crippen molar-refractivity contribution in [3.8, 4) is 0 Å². The highest BCUT2D eigenvalue weighted by atomic mass is 127. The molecule has 0 bridgehead atoms. The molecule has 1 N–H and O–H groups in total. The van der Waals surface area contributed by atoms with Gasteiger partial charge in [-0.15, -0.1) is 10.2 Å². The fourth-order valence-corrected chi connectivity index (χ4v) is 2.56. The van der Waals surface area contributed by atoms with E-state index >= 15 is 0 Å². The van der Waals surface area contributed by atoms with Gasteiger partial charge in [-0.3, -0.25) is 4.79 Å². The minimum Gasteiger partial charge on any atom is -0.345 e. The lowest BCUT2D eigenvalue weighted by Crippen LogP contribution is -2.24. The van der Waals surface area contributed by atoms with Crippen LogP contribution >= 0.6 is 22.6 Å². The molecule has 5 nitrogen and oxygen atoms in total. The zero-order valence-electron chi connectivity index (χ0n) is 10.3. The van der Waals surface area contributed by atoms with Gasteiger partial charge in [0.25, 0.3) is 5.91 Å². The van der Waals surface area contributed by atoms with Crippen LogP contribution in [0, 0.1) is 3.57 Å². The van der Waals surface area contributed by atoms with Crippen molar-refractivity contribution in [3.63, 3.8) is 0 Å². The quantitative estimate of drug-likeness (QED) is 0.840. The maximum Gasteiger partial charge on any atom is 0.251 e. The summed E-state index contributed by atoms with van der Waals surface area (Å²) < 4.78 is 3.21. The maximum atomic E-state index is 12.0. The minimum atomic E-state index is -0.0771. The Balaban J connectivity index is 1.66. The van der Waals surface area contributed by atoms with Gasteiger partial charge >= 0.3 is 0 Å². The molecule has 3 rings (SSSR count). The second kappa shape index (κ2) is 5.28. The highest BCUT2D eigenvalue weighted by Gasteiger charge is 2.17. The molecule has 0 spiro atoms. The van der Waals surface area contributed by atoms with Crippen molar-refractivity contribution in [1.82, 2.24) is 20.1 Å². The van der Waals surface area contributed by atoms with E-state index in [0.29, 0.717) is 12.1 Å². The first kappa shape index (κ1) is 12.6. The number of benzene rings is 1. The number of fused-ring (bicyclic) bond motifs is 1. The second-order valence-electron chi connectivity index (χ2n) is 4.48. The average molecular weight is 368 g/mol. The van der Waals surface area contributed by atoms with Crippen molar-refractivity contribution in [2.24, 2.45) is 0 Å². The summed E-state index contributed by atoms with van der Waals surface area (Å²) in [7, 11) is 0. The Morgan fingerprint density at radius 3 is 2.89 bits per heavy atom. The van der Waals surface area contributed by atoms with E-state index in [4.69, 9.17) is 0 Å². The minimum absolute atomic E-state index is 0.0771. The lowest BCUT2D eigenvalue weighted by atomic mass is 10.2. The summed E-state index contributed by atoms with van der Waals surface area (Å²) >= 11 is 2.22. The standard InChI is InChI=1S/C13H13IN4O/c14-10-5-3-9(4-6-10)13(19)15-8-12-17-16-11-2-1-7-18(11)12/h3-6H,1-2,7-8H2,(H,15,19). The summed E-state index contributed by atoms with van der Waals surface area (Å²) in [4.78, 5) is 12.0. The van der Waals surface area contributed by atoms with Gasteiger partial charge in [-0.1, -0.05) is 0 Å². The normalized spacial score (nSPS) is 13.3. The monoisotopic (exact) mass is 368 g/mol. The summed E-state index contributed by atoms with van der Waals surface area (Å²) in [5, 5.41) is 11.1. The van der Waals surface area contributed by atoms with Crippen molar-refractivity contribution in [3.05, 3.63) is 45.0 Å². The number of carbonyl (C=O) groups excluding carboxylic acids is 1. The van der Waals surface area contributed by atoms with Gasteiger partial charge in [0.2, 0.25) is 0 Å². The van der Waals surface area contributed by atoms with Crippen LogP contribution in [0.3, 0.4) is 0 Å². The molecular weight excluding hydrogens is 355 g/mol. The Morgan fingerprint density at radius 2 is 2.11 bits per heavy atom. The van der Waals surface area contributed by atoms with Crippen LogP contribution in [0.5, 0.6) is 0 Å². The number of carbonyl (C=O) groups is 1. The largest absolute Gasteiger partial charge is 0.345 e. The number of rotatable bonds is 3. The first-order valence-corrected chi connectivity index (χ1v) is 7.26. The molecule has 0 unspecified atom stereocenters. The zero-order chi connectivity index (χ0) is 13.2. The van der Waals surface area contributed by atoms with E-state index in [1.807, 2.05) is 24.3 Å². The van der Waals surface area contributed by atoms with Crippen LogP contribution in [-0.4, -0.2) is 20.7 Å². The number of amides is 1. The topological polar surface area (TPSA) is 59.8 Å². The molecule has 19 heavy (non-hydrogen) atoms. The molecule has 0 atom stereocenters. The van der Waals surface area contributed by atoms with Crippen LogP contribution in [0.15, 0.2) is 24.3 Å². The molecule has 1 aliphatic rings. The predicted molar refractivity (Wildman–Crippen MR) is 78.7 cm³/mol. The molecule has 1 aromatic heterocycles. The van der Waals surface area contributed by atoms with Crippen LogP contribution < -0.4 is 5.32 Å². The van der Waals surface area contributed by atoms with Gasteiger partial charge in [0.15, 0.2) is 5.82 Å². The molecule has 2 heterocycles. The SMILES string of the molecule is O=C(NCc1nnc2n1CCC2)c1ccc(I)cc1. The van der Waals surface area contributed by atoms with E-state index < -0.39 is 0 Å². The van der Waals surface area contributed by atoms with E-state index in [1.165, 1.54) is 0 Å². The lowest BCUT2D eigenvalue weighted by molar-refractivity contribution is 0.0949. The number of nitrogens with zero attached hydrogens (tertiary/aromatic N) is 3. The third kappa shape index (κ3) is 2.63. The van der Waals surface area contributed by atoms with Gasteiger partial charge in [0, 0.05) is 22.1 Å². The first-order chi connectivity index (χ1) is 9.24. The molecule has 0 radical (unpaired) electrons. The summed E-state index contributed by atoms with van der Waals surface area (Å²) in [6.45, 7) is 1.38. The van der Waals surface area contributed by atoms with E-state index in [2.05, 4.69) is 42.7 Å². The van der Waals surface area contributed by atoms with Crippen LogP contribution in [-0.2, 0) is 19.5 Å².